The number of carbonyl (C=O) groups excluding carboxylic acids is 1. The van der Waals surface area contributed by atoms with Gasteiger partial charge in [0.05, 0.1) is 24.1 Å². The number of para-hydroxylation sites is 2. The quantitative estimate of drug-likeness (QED) is 0.360. The van der Waals surface area contributed by atoms with Crippen LogP contribution in [-0.2, 0) is 11.3 Å². The minimum Gasteiger partial charge on any atom is -0.467 e. The molecule has 0 fully saturated rings. The maximum Gasteiger partial charge on any atom is 0.230 e. The number of rotatable bonds is 7. The average molecular weight is 390 g/mol. The fourth-order valence-corrected chi connectivity index (χ4v) is 3.33. The number of carbonyl (C=O) groups is 1. The molecule has 0 radical (unpaired) electrons. The van der Waals surface area contributed by atoms with Crippen LogP contribution < -0.4 is 10.6 Å². The largest absolute Gasteiger partial charge is 0.467 e. The van der Waals surface area contributed by atoms with Gasteiger partial charge in [-0.25, -0.2) is 9.97 Å². The molecule has 140 valence electrons. The van der Waals surface area contributed by atoms with Crippen LogP contribution in [0.4, 0.5) is 11.5 Å². The average Bonchev–Trinajstić information content (AvgIpc) is 3.25. The van der Waals surface area contributed by atoms with E-state index in [-0.39, 0.29) is 11.7 Å². The summed E-state index contributed by atoms with van der Waals surface area (Å²) < 4.78 is 5.21. The Bertz CT molecular complexity index is 1070. The molecule has 4 aromatic rings. The molecular weight excluding hydrogens is 372 g/mol. The van der Waals surface area contributed by atoms with Crippen molar-refractivity contribution in [1.82, 2.24) is 15.3 Å². The van der Waals surface area contributed by atoms with Crippen molar-refractivity contribution in [2.75, 3.05) is 11.1 Å². The van der Waals surface area contributed by atoms with Crippen LogP contribution in [0.25, 0.3) is 10.9 Å². The zero-order valence-electron chi connectivity index (χ0n) is 15.0. The van der Waals surface area contributed by atoms with Gasteiger partial charge in [0, 0.05) is 11.1 Å². The lowest BCUT2D eigenvalue weighted by molar-refractivity contribution is -0.118. The van der Waals surface area contributed by atoms with Crippen LogP contribution in [0.3, 0.4) is 0 Å². The smallest absolute Gasteiger partial charge is 0.230 e. The lowest BCUT2D eigenvalue weighted by atomic mass is 10.2. The van der Waals surface area contributed by atoms with E-state index in [9.17, 15) is 4.79 Å². The summed E-state index contributed by atoms with van der Waals surface area (Å²) in [6.45, 7) is 0.367. The zero-order valence-corrected chi connectivity index (χ0v) is 15.8. The molecule has 1 amide bonds. The van der Waals surface area contributed by atoms with Gasteiger partial charge in [-0.05, 0) is 36.4 Å². The highest BCUT2D eigenvalue weighted by molar-refractivity contribution is 7.99. The lowest BCUT2D eigenvalue weighted by Crippen LogP contribution is -2.24. The van der Waals surface area contributed by atoms with Gasteiger partial charge in [-0.1, -0.05) is 42.1 Å². The Labute approximate surface area is 166 Å². The summed E-state index contributed by atoms with van der Waals surface area (Å²) >= 11 is 1.30. The van der Waals surface area contributed by atoms with Crippen molar-refractivity contribution in [3.8, 4) is 0 Å². The van der Waals surface area contributed by atoms with Crippen LogP contribution in [0.2, 0.25) is 0 Å². The van der Waals surface area contributed by atoms with Crippen molar-refractivity contribution in [3.63, 3.8) is 0 Å². The van der Waals surface area contributed by atoms with E-state index in [4.69, 9.17) is 4.42 Å². The summed E-state index contributed by atoms with van der Waals surface area (Å²) in [5.74, 6) is 1.56. The SMILES string of the molecule is O=C(CSc1nc(Nc2ccccc2)c2ccccc2n1)NCc1ccco1. The van der Waals surface area contributed by atoms with Gasteiger partial charge in [0.1, 0.15) is 11.6 Å². The Balaban J connectivity index is 1.48. The third-order valence-corrected chi connectivity index (χ3v) is 4.84. The summed E-state index contributed by atoms with van der Waals surface area (Å²) in [6.07, 6.45) is 1.58. The Morgan fingerprint density at radius 1 is 0.964 bits per heavy atom. The molecule has 0 bridgehead atoms. The van der Waals surface area contributed by atoms with Crippen LogP contribution in [-0.4, -0.2) is 21.6 Å². The second kappa shape index (κ2) is 8.58. The van der Waals surface area contributed by atoms with Crippen molar-refractivity contribution < 1.29 is 9.21 Å². The molecule has 0 aliphatic heterocycles. The molecule has 2 N–H and O–H groups in total. The molecule has 0 unspecified atom stereocenters. The van der Waals surface area contributed by atoms with E-state index < -0.39 is 0 Å². The summed E-state index contributed by atoms with van der Waals surface area (Å²) in [5.41, 5.74) is 1.77. The van der Waals surface area contributed by atoms with E-state index in [1.807, 2.05) is 60.7 Å². The van der Waals surface area contributed by atoms with Crippen LogP contribution in [0.1, 0.15) is 5.76 Å². The Morgan fingerprint density at radius 2 is 1.79 bits per heavy atom. The van der Waals surface area contributed by atoms with Crippen molar-refractivity contribution >= 4 is 40.1 Å². The normalized spacial score (nSPS) is 10.7. The number of hydrogen-bond acceptors (Lipinski definition) is 6. The van der Waals surface area contributed by atoms with Gasteiger partial charge in [-0.2, -0.15) is 0 Å². The first-order chi connectivity index (χ1) is 13.8. The number of nitrogens with one attached hydrogen (secondary N) is 2. The van der Waals surface area contributed by atoms with E-state index in [0.717, 1.165) is 28.2 Å². The summed E-state index contributed by atoms with van der Waals surface area (Å²) in [6, 6.07) is 21.3. The van der Waals surface area contributed by atoms with Crippen LogP contribution in [0, 0.1) is 0 Å². The molecule has 0 saturated carbocycles. The van der Waals surface area contributed by atoms with Gasteiger partial charge in [0.15, 0.2) is 5.16 Å². The summed E-state index contributed by atoms with van der Waals surface area (Å²) in [5, 5.41) is 7.64. The van der Waals surface area contributed by atoms with Crippen molar-refractivity contribution in [2.45, 2.75) is 11.7 Å². The number of hydrogen-bond donors (Lipinski definition) is 2. The van der Waals surface area contributed by atoms with Crippen LogP contribution >= 0.6 is 11.8 Å². The number of anilines is 2. The number of furan rings is 1. The number of nitrogens with zero attached hydrogens (tertiary/aromatic N) is 2. The predicted molar refractivity (Wildman–Crippen MR) is 111 cm³/mol. The molecule has 0 aliphatic rings. The number of amides is 1. The van der Waals surface area contributed by atoms with Gasteiger partial charge in [0.2, 0.25) is 5.91 Å². The molecular formula is C21H18N4O2S. The predicted octanol–water partition coefficient (Wildman–Crippen LogP) is 4.37. The second-order valence-corrected chi connectivity index (χ2v) is 6.95. The van der Waals surface area contributed by atoms with Gasteiger partial charge < -0.3 is 15.1 Å². The summed E-state index contributed by atoms with van der Waals surface area (Å²) in [4.78, 5) is 21.3. The number of thioether (sulfide) groups is 1. The fraction of sp³-hybridized carbons (Fsp3) is 0.0952. The van der Waals surface area contributed by atoms with Crippen LogP contribution in [0.5, 0.6) is 0 Å². The van der Waals surface area contributed by atoms with E-state index in [0.29, 0.717) is 11.7 Å². The highest BCUT2D eigenvalue weighted by atomic mass is 32.2. The van der Waals surface area contributed by atoms with E-state index >= 15 is 0 Å². The van der Waals surface area contributed by atoms with E-state index in [2.05, 4.69) is 20.6 Å². The molecule has 4 rings (SSSR count). The molecule has 7 heteroatoms. The minimum atomic E-state index is -0.101. The topological polar surface area (TPSA) is 80.0 Å². The second-order valence-electron chi connectivity index (χ2n) is 6.01. The first-order valence-electron chi connectivity index (χ1n) is 8.79. The molecule has 2 aromatic carbocycles. The number of benzene rings is 2. The molecule has 0 aliphatic carbocycles. The number of fused-ring (bicyclic) bond motifs is 1. The van der Waals surface area contributed by atoms with Crippen molar-refractivity contribution in [1.29, 1.82) is 0 Å². The molecule has 0 saturated heterocycles. The first-order valence-corrected chi connectivity index (χ1v) is 9.77. The van der Waals surface area contributed by atoms with Gasteiger partial charge >= 0.3 is 0 Å². The molecule has 28 heavy (non-hydrogen) atoms. The Kier molecular flexibility index (Phi) is 5.53. The maximum atomic E-state index is 12.1. The van der Waals surface area contributed by atoms with E-state index in [1.165, 1.54) is 11.8 Å². The lowest BCUT2D eigenvalue weighted by Gasteiger charge is -2.10. The monoisotopic (exact) mass is 390 g/mol. The van der Waals surface area contributed by atoms with Crippen LogP contribution in [0.15, 0.2) is 82.6 Å². The highest BCUT2D eigenvalue weighted by Crippen LogP contribution is 2.26. The highest BCUT2D eigenvalue weighted by Gasteiger charge is 2.11. The number of aromatic nitrogens is 2. The zero-order chi connectivity index (χ0) is 19.2. The molecule has 2 heterocycles. The van der Waals surface area contributed by atoms with Gasteiger partial charge in [-0.3, -0.25) is 4.79 Å². The molecule has 2 aromatic heterocycles. The third kappa shape index (κ3) is 4.50. The molecule has 0 spiro atoms. The fourth-order valence-electron chi connectivity index (χ4n) is 2.65. The molecule has 6 nitrogen and oxygen atoms in total. The van der Waals surface area contributed by atoms with Gasteiger partial charge in [0.25, 0.3) is 0 Å². The minimum absolute atomic E-state index is 0.101. The summed E-state index contributed by atoms with van der Waals surface area (Å²) in [7, 11) is 0. The van der Waals surface area contributed by atoms with Crippen molar-refractivity contribution in [2.24, 2.45) is 0 Å². The maximum absolute atomic E-state index is 12.1. The standard InChI is InChI=1S/C21H18N4O2S/c26-19(22-13-16-9-6-12-27-16)14-28-21-24-18-11-5-4-10-17(18)20(25-21)23-15-7-2-1-3-8-15/h1-12H,13-14H2,(H,22,26)(H,23,24,25). The van der Waals surface area contributed by atoms with E-state index in [1.54, 1.807) is 12.3 Å². The van der Waals surface area contributed by atoms with Crippen molar-refractivity contribution in [3.05, 3.63) is 78.8 Å². The first kappa shape index (κ1) is 18.1. The Morgan fingerprint density at radius 3 is 2.61 bits per heavy atom. The third-order valence-electron chi connectivity index (χ3n) is 3.99. The molecule has 0 atom stereocenters. The van der Waals surface area contributed by atoms with Gasteiger partial charge in [-0.15, -0.1) is 0 Å². The Hall–Kier alpha value is -3.32.